The smallest absolute Gasteiger partial charge is 0.339 e. The third-order valence-electron chi connectivity index (χ3n) is 2.36. The largest absolute Gasteiger partial charge is 0.465 e. The predicted octanol–water partition coefficient (Wildman–Crippen LogP) is 2.01. The minimum absolute atomic E-state index is 0.0407. The number of carbonyl (C=O) groups excluding carboxylic acids is 1. The van der Waals surface area contributed by atoms with Gasteiger partial charge in [0.05, 0.1) is 24.1 Å². The van der Waals surface area contributed by atoms with Gasteiger partial charge in [0.1, 0.15) is 0 Å². The van der Waals surface area contributed by atoms with Gasteiger partial charge in [0.15, 0.2) is 0 Å². The topological polar surface area (TPSA) is 72.5 Å². The van der Waals surface area contributed by atoms with Gasteiger partial charge >= 0.3 is 5.97 Å². The van der Waals surface area contributed by atoms with Gasteiger partial charge < -0.3 is 4.74 Å². The molecule has 0 amide bonds. The Labute approximate surface area is 107 Å². The summed E-state index contributed by atoms with van der Waals surface area (Å²) in [6.07, 6.45) is 1.37. The number of hydrogen-bond acceptors (Lipinski definition) is 4. The van der Waals surface area contributed by atoms with Gasteiger partial charge in [-0.2, -0.15) is 0 Å². The van der Waals surface area contributed by atoms with Crippen LogP contribution in [0.4, 0.5) is 5.69 Å². The Morgan fingerprint density at radius 3 is 2.61 bits per heavy atom. The van der Waals surface area contributed by atoms with E-state index in [0.29, 0.717) is 6.42 Å². The molecule has 100 valence electrons. The molecule has 5 nitrogen and oxygen atoms in total. The highest BCUT2D eigenvalue weighted by molar-refractivity contribution is 7.92. The van der Waals surface area contributed by atoms with Crippen LogP contribution in [0.2, 0.25) is 0 Å². The Kier molecular flexibility index (Phi) is 5.15. The first kappa shape index (κ1) is 14.5. The summed E-state index contributed by atoms with van der Waals surface area (Å²) >= 11 is 0. The number of carbonyl (C=O) groups is 1. The van der Waals surface area contributed by atoms with Gasteiger partial charge in [-0.25, -0.2) is 13.2 Å². The summed E-state index contributed by atoms with van der Waals surface area (Å²) in [5.41, 5.74) is 0.459. The zero-order chi connectivity index (χ0) is 13.6. The lowest BCUT2D eigenvalue weighted by molar-refractivity contribution is 0.0602. The third kappa shape index (κ3) is 4.03. The van der Waals surface area contributed by atoms with Crippen molar-refractivity contribution in [1.82, 2.24) is 0 Å². The molecule has 0 aromatic heterocycles. The molecule has 6 heteroatoms. The van der Waals surface area contributed by atoms with E-state index in [1.165, 1.54) is 19.2 Å². The average molecular weight is 271 g/mol. The average Bonchev–Trinajstić information content (AvgIpc) is 2.36. The maximum Gasteiger partial charge on any atom is 0.339 e. The molecule has 0 bridgehead atoms. The number of unbranched alkanes of at least 4 members (excludes halogenated alkanes) is 1. The molecular formula is C12H17NO4S. The van der Waals surface area contributed by atoms with E-state index in [4.69, 9.17) is 0 Å². The number of methoxy groups -OCH3 is 1. The fourth-order valence-electron chi connectivity index (χ4n) is 1.41. The summed E-state index contributed by atoms with van der Waals surface area (Å²) in [6.45, 7) is 1.91. The van der Waals surface area contributed by atoms with Crippen LogP contribution < -0.4 is 4.72 Å². The minimum Gasteiger partial charge on any atom is -0.465 e. The molecule has 0 fully saturated rings. The van der Waals surface area contributed by atoms with Crippen molar-refractivity contribution in [1.29, 1.82) is 0 Å². The highest BCUT2D eigenvalue weighted by Gasteiger charge is 2.16. The van der Waals surface area contributed by atoms with E-state index >= 15 is 0 Å². The van der Waals surface area contributed by atoms with Gasteiger partial charge in [0.25, 0.3) is 0 Å². The van der Waals surface area contributed by atoms with E-state index in [0.717, 1.165) is 6.42 Å². The zero-order valence-corrected chi connectivity index (χ0v) is 11.3. The van der Waals surface area contributed by atoms with Crippen molar-refractivity contribution < 1.29 is 17.9 Å². The number of benzene rings is 1. The number of nitrogens with one attached hydrogen (secondary N) is 1. The number of sulfonamides is 1. The van der Waals surface area contributed by atoms with Gasteiger partial charge in [-0.05, 0) is 18.6 Å². The van der Waals surface area contributed by atoms with Gasteiger partial charge in [0.2, 0.25) is 10.0 Å². The number of para-hydroxylation sites is 1. The molecule has 0 aliphatic rings. The molecule has 0 atom stereocenters. The quantitative estimate of drug-likeness (QED) is 0.803. The predicted molar refractivity (Wildman–Crippen MR) is 70.1 cm³/mol. The number of esters is 1. The van der Waals surface area contributed by atoms with Gasteiger partial charge in [-0.15, -0.1) is 0 Å². The molecule has 0 saturated carbocycles. The molecule has 1 N–H and O–H groups in total. The fourth-order valence-corrected chi connectivity index (χ4v) is 2.70. The summed E-state index contributed by atoms with van der Waals surface area (Å²) in [5, 5.41) is 0. The van der Waals surface area contributed by atoms with Crippen molar-refractivity contribution in [2.24, 2.45) is 0 Å². The zero-order valence-electron chi connectivity index (χ0n) is 10.5. The second-order valence-electron chi connectivity index (χ2n) is 3.81. The number of ether oxygens (including phenoxy) is 1. The van der Waals surface area contributed by atoms with E-state index in [1.807, 2.05) is 6.92 Å². The SMILES string of the molecule is CCCCS(=O)(=O)Nc1ccccc1C(=O)OC. The van der Waals surface area contributed by atoms with Crippen LogP contribution in [-0.2, 0) is 14.8 Å². The maximum atomic E-state index is 11.8. The second kappa shape index (κ2) is 6.39. The number of rotatable bonds is 6. The lowest BCUT2D eigenvalue weighted by atomic mass is 10.2. The van der Waals surface area contributed by atoms with Crippen LogP contribution in [0.25, 0.3) is 0 Å². The first-order valence-corrected chi connectivity index (χ1v) is 7.33. The summed E-state index contributed by atoms with van der Waals surface area (Å²) in [7, 11) is -2.16. The molecule has 0 aliphatic carbocycles. The highest BCUT2D eigenvalue weighted by atomic mass is 32.2. The Balaban J connectivity index is 2.94. The van der Waals surface area contributed by atoms with E-state index < -0.39 is 16.0 Å². The van der Waals surface area contributed by atoms with Crippen molar-refractivity contribution >= 4 is 21.7 Å². The Bertz CT molecular complexity index is 511. The first-order valence-electron chi connectivity index (χ1n) is 5.68. The molecule has 1 aromatic rings. The summed E-state index contributed by atoms with van der Waals surface area (Å²) in [4.78, 5) is 11.5. The van der Waals surface area contributed by atoms with Crippen LogP contribution >= 0.6 is 0 Å². The lowest BCUT2D eigenvalue weighted by Gasteiger charge is -2.10. The molecule has 0 radical (unpaired) electrons. The maximum absolute atomic E-state index is 11.8. The Morgan fingerprint density at radius 2 is 2.00 bits per heavy atom. The molecule has 0 spiro atoms. The Hall–Kier alpha value is -1.56. The van der Waals surface area contributed by atoms with Gasteiger partial charge in [-0.3, -0.25) is 4.72 Å². The third-order valence-corrected chi connectivity index (χ3v) is 3.72. The molecule has 0 unspecified atom stereocenters. The normalized spacial score (nSPS) is 11.0. The molecule has 18 heavy (non-hydrogen) atoms. The van der Waals surface area contributed by atoms with Crippen molar-refractivity contribution in [3.8, 4) is 0 Å². The van der Waals surface area contributed by atoms with Gasteiger partial charge in [0, 0.05) is 0 Å². The van der Waals surface area contributed by atoms with E-state index in [2.05, 4.69) is 9.46 Å². The van der Waals surface area contributed by atoms with Crippen LogP contribution in [-0.4, -0.2) is 27.2 Å². The lowest BCUT2D eigenvalue weighted by Crippen LogP contribution is -2.18. The highest BCUT2D eigenvalue weighted by Crippen LogP contribution is 2.17. The molecular weight excluding hydrogens is 254 g/mol. The monoisotopic (exact) mass is 271 g/mol. The van der Waals surface area contributed by atoms with E-state index in [9.17, 15) is 13.2 Å². The standard InChI is InChI=1S/C12H17NO4S/c1-3-4-9-18(15,16)13-11-8-6-5-7-10(11)12(14)17-2/h5-8,13H,3-4,9H2,1-2H3. The fraction of sp³-hybridized carbons (Fsp3) is 0.417. The van der Waals surface area contributed by atoms with Crippen molar-refractivity contribution in [3.05, 3.63) is 29.8 Å². The van der Waals surface area contributed by atoms with Crippen LogP contribution in [0.15, 0.2) is 24.3 Å². The molecule has 1 aromatic carbocycles. The van der Waals surface area contributed by atoms with E-state index in [1.54, 1.807) is 12.1 Å². The molecule has 1 rings (SSSR count). The summed E-state index contributed by atoms with van der Waals surface area (Å²) in [5.74, 6) is -0.525. The van der Waals surface area contributed by atoms with Crippen molar-refractivity contribution in [3.63, 3.8) is 0 Å². The first-order chi connectivity index (χ1) is 8.50. The minimum atomic E-state index is -3.42. The van der Waals surface area contributed by atoms with Crippen LogP contribution in [0.3, 0.4) is 0 Å². The van der Waals surface area contributed by atoms with Crippen LogP contribution in [0, 0.1) is 0 Å². The summed E-state index contributed by atoms with van der Waals surface area (Å²) in [6, 6.07) is 6.36. The van der Waals surface area contributed by atoms with Crippen molar-refractivity contribution in [2.45, 2.75) is 19.8 Å². The molecule has 0 heterocycles. The molecule has 0 aliphatic heterocycles. The second-order valence-corrected chi connectivity index (χ2v) is 5.65. The Morgan fingerprint density at radius 1 is 1.33 bits per heavy atom. The number of anilines is 1. The molecule has 0 saturated heterocycles. The van der Waals surface area contributed by atoms with E-state index in [-0.39, 0.29) is 17.0 Å². The van der Waals surface area contributed by atoms with Crippen molar-refractivity contribution in [2.75, 3.05) is 17.6 Å². The van der Waals surface area contributed by atoms with Gasteiger partial charge in [-0.1, -0.05) is 25.5 Å². The summed E-state index contributed by atoms with van der Waals surface area (Å²) < 4.78 is 30.5. The van der Waals surface area contributed by atoms with Crippen LogP contribution in [0.1, 0.15) is 30.1 Å². The number of hydrogen-bond donors (Lipinski definition) is 1. The van der Waals surface area contributed by atoms with Crippen LogP contribution in [0.5, 0.6) is 0 Å².